The quantitative estimate of drug-likeness (QED) is 0.557. The van der Waals surface area contributed by atoms with Crippen LogP contribution < -0.4 is 4.74 Å². The molecule has 124 valence electrons. The van der Waals surface area contributed by atoms with Crippen LogP contribution in [0, 0.1) is 0 Å². The Morgan fingerprint density at radius 1 is 1.12 bits per heavy atom. The van der Waals surface area contributed by atoms with E-state index in [9.17, 15) is 9.90 Å². The molecule has 1 N–H and O–H groups in total. The van der Waals surface area contributed by atoms with Crippen LogP contribution in [0.2, 0.25) is 0 Å². The summed E-state index contributed by atoms with van der Waals surface area (Å²) in [6.07, 6.45) is 2.22. The van der Waals surface area contributed by atoms with Gasteiger partial charge in [-0.25, -0.2) is 0 Å². The van der Waals surface area contributed by atoms with Crippen LogP contribution in [0.15, 0.2) is 57.7 Å². The Labute approximate surface area is 141 Å². The number of hydrogen-bond donors (Lipinski definition) is 1. The second-order valence-electron chi connectivity index (χ2n) is 5.26. The highest BCUT2D eigenvalue weighted by Gasteiger charge is 2.13. The zero-order chi connectivity index (χ0) is 17.2. The Hall–Kier alpha value is -3.61. The van der Waals surface area contributed by atoms with E-state index in [4.69, 9.17) is 13.7 Å². The van der Waals surface area contributed by atoms with Gasteiger partial charge in [-0.2, -0.15) is 4.98 Å². The molecule has 0 fully saturated rings. The van der Waals surface area contributed by atoms with Crippen molar-refractivity contribution in [1.82, 2.24) is 10.1 Å². The van der Waals surface area contributed by atoms with Gasteiger partial charge < -0.3 is 18.8 Å². The van der Waals surface area contributed by atoms with Crippen molar-refractivity contribution >= 4 is 17.3 Å². The van der Waals surface area contributed by atoms with Gasteiger partial charge in [-0.3, -0.25) is 4.79 Å². The Kier molecular flexibility index (Phi) is 3.66. The number of furan rings is 1. The van der Waals surface area contributed by atoms with Gasteiger partial charge in [-0.1, -0.05) is 5.16 Å². The molecule has 0 saturated carbocycles. The fraction of sp³-hybridized carbons (Fsp3) is 0.0556. The van der Waals surface area contributed by atoms with Gasteiger partial charge in [-0.05, 0) is 42.5 Å². The van der Waals surface area contributed by atoms with Crippen LogP contribution in [-0.4, -0.2) is 28.1 Å². The summed E-state index contributed by atoms with van der Waals surface area (Å²) in [5.74, 6) is 0.790. The monoisotopic (exact) mass is 336 g/mol. The molecule has 0 atom stereocenters. The van der Waals surface area contributed by atoms with E-state index in [-0.39, 0.29) is 24.0 Å². The molecule has 0 saturated heterocycles. The van der Waals surface area contributed by atoms with Crippen LogP contribution >= 0.6 is 0 Å². The van der Waals surface area contributed by atoms with Crippen molar-refractivity contribution in [2.75, 3.05) is 6.61 Å². The molecule has 0 radical (unpaired) electrons. The van der Waals surface area contributed by atoms with E-state index in [2.05, 4.69) is 10.1 Å². The van der Waals surface area contributed by atoms with Crippen molar-refractivity contribution in [3.05, 3.63) is 48.7 Å². The Morgan fingerprint density at radius 2 is 2.00 bits per heavy atom. The van der Waals surface area contributed by atoms with Gasteiger partial charge >= 0.3 is 0 Å². The first-order chi connectivity index (χ1) is 12.2. The fourth-order valence-electron chi connectivity index (χ4n) is 2.46. The first-order valence-electron chi connectivity index (χ1n) is 7.46. The lowest BCUT2D eigenvalue weighted by Crippen LogP contribution is -1.97. The van der Waals surface area contributed by atoms with E-state index in [0.717, 1.165) is 16.5 Å². The van der Waals surface area contributed by atoms with E-state index in [1.807, 2.05) is 24.3 Å². The van der Waals surface area contributed by atoms with Crippen LogP contribution in [0.25, 0.3) is 33.8 Å². The number of phenols is 1. The van der Waals surface area contributed by atoms with Crippen LogP contribution in [0.1, 0.15) is 0 Å². The van der Waals surface area contributed by atoms with E-state index in [1.54, 1.807) is 12.3 Å². The summed E-state index contributed by atoms with van der Waals surface area (Å²) >= 11 is 0. The number of ether oxygens (including phenoxy) is 1. The minimum atomic E-state index is -0.131. The van der Waals surface area contributed by atoms with E-state index < -0.39 is 0 Å². The minimum absolute atomic E-state index is 0.112. The summed E-state index contributed by atoms with van der Waals surface area (Å²) in [5, 5.41) is 14.9. The van der Waals surface area contributed by atoms with E-state index in [1.165, 1.54) is 12.1 Å². The molecule has 2 aromatic heterocycles. The van der Waals surface area contributed by atoms with Gasteiger partial charge in [0.25, 0.3) is 5.89 Å². The zero-order valence-electron chi connectivity index (χ0n) is 12.9. The van der Waals surface area contributed by atoms with Crippen molar-refractivity contribution in [2.24, 2.45) is 0 Å². The van der Waals surface area contributed by atoms with Gasteiger partial charge in [0.1, 0.15) is 12.2 Å². The molecule has 7 heteroatoms. The number of rotatable bonds is 5. The smallest absolute Gasteiger partial charge is 0.258 e. The first kappa shape index (κ1) is 14.9. The van der Waals surface area contributed by atoms with E-state index in [0.29, 0.717) is 17.7 Å². The van der Waals surface area contributed by atoms with Crippen molar-refractivity contribution in [3.8, 4) is 34.3 Å². The van der Waals surface area contributed by atoms with Gasteiger partial charge in [0, 0.05) is 16.5 Å². The molecule has 4 aromatic rings. The maximum Gasteiger partial charge on any atom is 0.258 e. The van der Waals surface area contributed by atoms with Gasteiger partial charge in [0.05, 0.1) is 6.26 Å². The van der Waals surface area contributed by atoms with Crippen molar-refractivity contribution in [1.29, 1.82) is 0 Å². The molecule has 0 bridgehead atoms. The second kappa shape index (κ2) is 6.12. The summed E-state index contributed by atoms with van der Waals surface area (Å²) in [7, 11) is 0. The Morgan fingerprint density at radius 3 is 2.84 bits per heavy atom. The predicted molar refractivity (Wildman–Crippen MR) is 88.2 cm³/mol. The van der Waals surface area contributed by atoms with Crippen LogP contribution in [0.5, 0.6) is 11.5 Å². The van der Waals surface area contributed by atoms with Gasteiger partial charge in [0.2, 0.25) is 5.82 Å². The molecule has 2 aromatic carbocycles. The summed E-state index contributed by atoms with van der Waals surface area (Å²) in [5.41, 5.74) is 2.11. The SMILES string of the molecule is O=CCOc1ccc(-c2nc(-c3ccc4occc4c3)no2)cc1O. The number of aromatic nitrogens is 2. The van der Waals surface area contributed by atoms with Crippen LogP contribution in [-0.2, 0) is 4.79 Å². The highest BCUT2D eigenvalue weighted by Crippen LogP contribution is 2.32. The molecule has 25 heavy (non-hydrogen) atoms. The normalized spacial score (nSPS) is 10.9. The first-order valence-corrected chi connectivity index (χ1v) is 7.46. The lowest BCUT2D eigenvalue weighted by atomic mass is 10.1. The zero-order valence-corrected chi connectivity index (χ0v) is 12.9. The number of aldehydes is 1. The maximum atomic E-state index is 10.3. The highest BCUT2D eigenvalue weighted by atomic mass is 16.5. The summed E-state index contributed by atoms with van der Waals surface area (Å²) in [4.78, 5) is 14.7. The maximum absolute atomic E-state index is 10.3. The average Bonchev–Trinajstić information content (AvgIpc) is 3.29. The second-order valence-corrected chi connectivity index (χ2v) is 5.26. The third-order valence-electron chi connectivity index (χ3n) is 3.65. The molecule has 2 heterocycles. The highest BCUT2D eigenvalue weighted by molar-refractivity contribution is 5.82. The molecular weight excluding hydrogens is 324 g/mol. The molecule has 4 rings (SSSR count). The third kappa shape index (κ3) is 2.83. The van der Waals surface area contributed by atoms with Gasteiger partial charge in [-0.15, -0.1) is 0 Å². The number of phenolic OH excluding ortho intramolecular Hbond substituents is 1. The molecule has 0 aliphatic rings. The third-order valence-corrected chi connectivity index (χ3v) is 3.65. The van der Waals surface area contributed by atoms with Crippen molar-refractivity contribution in [3.63, 3.8) is 0 Å². The molecule has 0 spiro atoms. The fourth-order valence-corrected chi connectivity index (χ4v) is 2.46. The molecule has 0 unspecified atom stereocenters. The number of benzene rings is 2. The van der Waals surface area contributed by atoms with Crippen molar-refractivity contribution < 1.29 is 23.6 Å². The number of carbonyl (C=O) groups is 1. The largest absolute Gasteiger partial charge is 0.504 e. The van der Waals surface area contributed by atoms with Crippen molar-refractivity contribution in [2.45, 2.75) is 0 Å². The average molecular weight is 336 g/mol. The lowest BCUT2D eigenvalue weighted by Gasteiger charge is -2.05. The summed E-state index contributed by atoms with van der Waals surface area (Å²) < 4.78 is 15.7. The molecule has 0 aliphatic heterocycles. The predicted octanol–water partition coefficient (Wildman–Crippen LogP) is 3.43. The topological polar surface area (TPSA) is 98.6 Å². The molecule has 0 amide bonds. The minimum Gasteiger partial charge on any atom is -0.504 e. The molecule has 7 nitrogen and oxygen atoms in total. The number of aromatic hydroxyl groups is 1. The lowest BCUT2D eigenvalue weighted by molar-refractivity contribution is -0.109. The molecule has 0 aliphatic carbocycles. The van der Waals surface area contributed by atoms with Gasteiger partial charge in [0.15, 0.2) is 17.8 Å². The van der Waals surface area contributed by atoms with Crippen LogP contribution in [0.3, 0.4) is 0 Å². The Bertz CT molecular complexity index is 1050. The Balaban J connectivity index is 1.64. The number of hydrogen-bond acceptors (Lipinski definition) is 7. The molecular formula is C18H12N2O5. The standard InChI is InChI=1S/C18H12N2O5/c21-6-8-24-16-4-2-13(10-14(16)22)18-19-17(20-25-18)12-1-3-15-11(9-12)5-7-23-15/h1-7,9-10,22H,8H2. The van der Waals surface area contributed by atoms with E-state index >= 15 is 0 Å². The summed E-state index contributed by atoms with van der Waals surface area (Å²) in [6, 6.07) is 12.1. The number of fused-ring (bicyclic) bond motifs is 1. The number of nitrogens with zero attached hydrogens (tertiary/aromatic N) is 2. The van der Waals surface area contributed by atoms with Crippen LogP contribution in [0.4, 0.5) is 0 Å². The number of carbonyl (C=O) groups excluding carboxylic acids is 1. The summed E-state index contributed by atoms with van der Waals surface area (Å²) in [6.45, 7) is -0.131.